The van der Waals surface area contributed by atoms with E-state index in [1.807, 2.05) is 54.1 Å². The molecule has 0 aliphatic rings. The van der Waals surface area contributed by atoms with Gasteiger partial charge in [0, 0.05) is 17.3 Å². The van der Waals surface area contributed by atoms with Crippen molar-refractivity contribution < 1.29 is 4.79 Å². The summed E-state index contributed by atoms with van der Waals surface area (Å²) in [5, 5.41) is 1.04. The van der Waals surface area contributed by atoms with Crippen LogP contribution in [0.25, 0.3) is 16.6 Å². The molecule has 0 spiro atoms. The summed E-state index contributed by atoms with van der Waals surface area (Å²) >= 11 is 0. The average Bonchev–Trinajstić information content (AvgIpc) is 2.85. The minimum absolute atomic E-state index is 0.644. The number of pyridine rings is 1. The summed E-state index contributed by atoms with van der Waals surface area (Å²) in [6, 6.07) is 13.6. The van der Waals surface area contributed by atoms with Gasteiger partial charge in [-0.25, -0.2) is 0 Å². The fourth-order valence-corrected chi connectivity index (χ4v) is 2.19. The van der Waals surface area contributed by atoms with Gasteiger partial charge in [0.15, 0.2) is 6.29 Å². The highest BCUT2D eigenvalue weighted by Crippen LogP contribution is 2.23. The number of carbonyl (C=O) groups is 1. The van der Waals surface area contributed by atoms with Crippen molar-refractivity contribution in [1.29, 1.82) is 0 Å². The highest BCUT2D eigenvalue weighted by Gasteiger charge is 2.08. The van der Waals surface area contributed by atoms with E-state index in [4.69, 9.17) is 0 Å². The molecular formula is C15H12N2O. The number of hydrogen-bond acceptors (Lipinski definition) is 2. The quantitative estimate of drug-likeness (QED) is 0.641. The fourth-order valence-electron chi connectivity index (χ4n) is 2.19. The van der Waals surface area contributed by atoms with Crippen molar-refractivity contribution >= 4 is 17.2 Å². The smallest absolute Gasteiger partial charge is 0.166 e. The third-order valence-corrected chi connectivity index (χ3v) is 2.98. The van der Waals surface area contributed by atoms with Gasteiger partial charge in [-0.05, 0) is 31.2 Å². The fraction of sp³-hybridized carbons (Fsp3) is 0.0667. The first-order valence-electron chi connectivity index (χ1n) is 5.79. The van der Waals surface area contributed by atoms with Crippen molar-refractivity contribution in [2.24, 2.45) is 0 Å². The molecular weight excluding hydrogens is 224 g/mol. The van der Waals surface area contributed by atoms with E-state index in [1.165, 1.54) is 0 Å². The normalized spacial score (nSPS) is 10.7. The predicted octanol–water partition coefficient (Wildman–Crippen LogP) is 3.15. The topological polar surface area (TPSA) is 34.9 Å². The summed E-state index contributed by atoms with van der Waals surface area (Å²) in [5.74, 6) is 0. The molecule has 0 saturated carbocycles. The van der Waals surface area contributed by atoms with Gasteiger partial charge in [-0.3, -0.25) is 9.78 Å². The molecule has 0 unspecified atom stereocenters. The molecule has 3 heteroatoms. The van der Waals surface area contributed by atoms with E-state index in [9.17, 15) is 4.79 Å². The van der Waals surface area contributed by atoms with Gasteiger partial charge in [-0.2, -0.15) is 0 Å². The highest BCUT2D eigenvalue weighted by molar-refractivity contribution is 5.88. The van der Waals surface area contributed by atoms with Crippen molar-refractivity contribution in [3.05, 3.63) is 60.0 Å². The number of nitrogens with zero attached hydrogens (tertiary/aromatic N) is 2. The number of hydrogen-bond donors (Lipinski definition) is 0. The van der Waals surface area contributed by atoms with Crippen molar-refractivity contribution in [2.45, 2.75) is 6.92 Å². The molecule has 0 N–H and O–H groups in total. The first-order chi connectivity index (χ1) is 8.79. The monoisotopic (exact) mass is 236 g/mol. The molecule has 1 aromatic carbocycles. The lowest BCUT2D eigenvalue weighted by Gasteiger charge is -2.10. The van der Waals surface area contributed by atoms with Crippen LogP contribution in [0.15, 0.2) is 48.7 Å². The van der Waals surface area contributed by atoms with Crippen LogP contribution in [-0.2, 0) is 0 Å². The number of rotatable bonds is 2. The Kier molecular flexibility index (Phi) is 2.45. The van der Waals surface area contributed by atoms with Crippen molar-refractivity contribution in [3.63, 3.8) is 0 Å². The van der Waals surface area contributed by atoms with E-state index in [1.54, 1.807) is 6.07 Å². The molecule has 3 aromatic rings. The van der Waals surface area contributed by atoms with E-state index >= 15 is 0 Å². The van der Waals surface area contributed by atoms with Crippen molar-refractivity contribution in [1.82, 2.24) is 9.55 Å². The molecule has 0 atom stereocenters. The van der Waals surface area contributed by atoms with Gasteiger partial charge in [-0.15, -0.1) is 0 Å². The summed E-state index contributed by atoms with van der Waals surface area (Å²) in [6.45, 7) is 1.96. The van der Waals surface area contributed by atoms with Gasteiger partial charge in [-0.1, -0.05) is 18.2 Å². The van der Waals surface area contributed by atoms with Crippen LogP contribution in [0.3, 0.4) is 0 Å². The Morgan fingerprint density at radius 3 is 2.83 bits per heavy atom. The zero-order valence-electron chi connectivity index (χ0n) is 10.00. The summed E-state index contributed by atoms with van der Waals surface area (Å²) in [6.07, 6.45) is 2.76. The summed E-state index contributed by atoms with van der Waals surface area (Å²) in [7, 11) is 0. The SMILES string of the molecule is Cc1cc(-n2cccc2C=O)c2ccccc2n1. The standard InChI is InChI=1S/C15H12N2O/c1-11-9-15(17-8-4-5-12(17)10-18)13-6-2-3-7-14(13)16-11/h2-10H,1H3. The molecule has 0 aliphatic carbocycles. The molecule has 2 heterocycles. The molecule has 0 saturated heterocycles. The Balaban J connectivity index is 2.38. The van der Waals surface area contributed by atoms with Crippen molar-refractivity contribution in [2.75, 3.05) is 0 Å². The molecule has 0 aliphatic heterocycles. The number of para-hydroxylation sites is 1. The van der Waals surface area contributed by atoms with Crippen LogP contribution in [0.5, 0.6) is 0 Å². The van der Waals surface area contributed by atoms with Gasteiger partial charge >= 0.3 is 0 Å². The first-order valence-corrected chi connectivity index (χ1v) is 5.79. The molecule has 88 valence electrons. The summed E-state index contributed by atoms with van der Waals surface area (Å²) in [5.41, 5.74) is 3.52. The maximum atomic E-state index is 11.0. The highest BCUT2D eigenvalue weighted by atomic mass is 16.1. The Morgan fingerprint density at radius 2 is 2.00 bits per heavy atom. The third-order valence-electron chi connectivity index (χ3n) is 2.98. The Hall–Kier alpha value is -2.42. The largest absolute Gasteiger partial charge is 0.313 e. The second-order valence-electron chi connectivity index (χ2n) is 4.22. The molecule has 2 aromatic heterocycles. The van der Waals surface area contributed by atoms with E-state index in [-0.39, 0.29) is 0 Å². The minimum Gasteiger partial charge on any atom is -0.313 e. The minimum atomic E-state index is 0.644. The number of aldehydes is 1. The first kappa shape index (κ1) is 10.7. The molecule has 18 heavy (non-hydrogen) atoms. The average molecular weight is 236 g/mol. The number of aryl methyl sites for hydroxylation is 1. The van der Waals surface area contributed by atoms with Crippen LogP contribution in [0.1, 0.15) is 16.2 Å². The van der Waals surface area contributed by atoms with Gasteiger partial charge < -0.3 is 4.57 Å². The van der Waals surface area contributed by atoms with E-state index in [0.29, 0.717) is 5.69 Å². The number of aromatic nitrogens is 2. The molecule has 0 amide bonds. The predicted molar refractivity (Wildman–Crippen MR) is 71.2 cm³/mol. The maximum Gasteiger partial charge on any atom is 0.166 e. The molecule has 3 nitrogen and oxygen atoms in total. The van der Waals surface area contributed by atoms with Crippen LogP contribution in [-0.4, -0.2) is 15.8 Å². The maximum absolute atomic E-state index is 11.0. The van der Waals surface area contributed by atoms with Crippen molar-refractivity contribution in [3.8, 4) is 5.69 Å². The Bertz CT molecular complexity index is 728. The zero-order valence-corrected chi connectivity index (χ0v) is 10.00. The van der Waals surface area contributed by atoms with Gasteiger partial charge in [0.1, 0.15) is 0 Å². The number of fused-ring (bicyclic) bond motifs is 1. The Morgan fingerprint density at radius 1 is 1.17 bits per heavy atom. The van der Waals surface area contributed by atoms with E-state index < -0.39 is 0 Å². The third kappa shape index (κ3) is 1.61. The summed E-state index contributed by atoms with van der Waals surface area (Å²) < 4.78 is 1.89. The lowest BCUT2D eigenvalue weighted by molar-refractivity contribution is 0.111. The molecule has 0 fully saturated rings. The van der Waals surface area contributed by atoms with Crippen LogP contribution in [0, 0.1) is 6.92 Å². The zero-order chi connectivity index (χ0) is 12.5. The molecule has 3 rings (SSSR count). The van der Waals surface area contributed by atoms with Crippen LogP contribution >= 0.6 is 0 Å². The number of benzene rings is 1. The Labute approximate surface area is 105 Å². The summed E-state index contributed by atoms with van der Waals surface area (Å²) in [4.78, 5) is 15.5. The van der Waals surface area contributed by atoms with Gasteiger partial charge in [0.2, 0.25) is 0 Å². The molecule has 0 radical (unpaired) electrons. The van der Waals surface area contributed by atoms with Crippen LogP contribution < -0.4 is 0 Å². The second kappa shape index (κ2) is 4.11. The molecule has 0 bridgehead atoms. The van der Waals surface area contributed by atoms with Crippen LogP contribution in [0.2, 0.25) is 0 Å². The number of carbonyl (C=O) groups excluding carboxylic acids is 1. The lowest BCUT2D eigenvalue weighted by Crippen LogP contribution is -2.00. The van der Waals surface area contributed by atoms with Crippen LogP contribution in [0.4, 0.5) is 0 Å². The van der Waals surface area contributed by atoms with E-state index in [0.717, 1.165) is 28.6 Å². The van der Waals surface area contributed by atoms with Gasteiger partial charge in [0.25, 0.3) is 0 Å². The lowest BCUT2D eigenvalue weighted by atomic mass is 10.1. The second-order valence-corrected chi connectivity index (χ2v) is 4.22. The van der Waals surface area contributed by atoms with E-state index in [2.05, 4.69) is 4.98 Å². The van der Waals surface area contributed by atoms with Gasteiger partial charge in [0.05, 0.1) is 16.9 Å².